The van der Waals surface area contributed by atoms with Crippen LogP contribution in [0.3, 0.4) is 0 Å². The highest BCUT2D eigenvalue weighted by Crippen LogP contribution is 2.27. The van der Waals surface area contributed by atoms with Crippen LogP contribution >= 0.6 is 0 Å². The minimum Gasteiger partial charge on any atom is -0.487 e. The zero-order valence-electron chi connectivity index (χ0n) is 19.4. The van der Waals surface area contributed by atoms with Gasteiger partial charge < -0.3 is 29.9 Å². The number of hydrogen-bond acceptors (Lipinski definition) is 11. The Morgan fingerprint density at radius 1 is 1.11 bits per heavy atom. The number of benzene rings is 1. The Kier molecular flexibility index (Phi) is 7.42. The van der Waals surface area contributed by atoms with E-state index in [1.165, 1.54) is 41.8 Å². The lowest BCUT2D eigenvalue weighted by molar-refractivity contribution is -0.254. The van der Waals surface area contributed by atoms with E-state index in [2.05, 4.69) is 15.3 Å². The lowest BCUT2D eigenvalue weighted by Crippen LogP contribution is -2.56. The van der Waals surface area contributed by atoms with Gasteiger partial charge in [-0.15, -0.1) is 5.10 Å². The Bertz CT molecular complexity index is 1360. The molecule has 1 fully saturated rings. The van der Waals surface area contributed by atoms with Crippen LogP contribution in [-0.4, -0.2) is 81.8 Å². The fourth-order valence-electron chi connectivity index (χ4n) is 3.63. The minimum absolute atomic E-state index is 0.0151. The van der Waals surface area contributed by atoms with E-state index < -0.39 is 48.5 Å². The van der Waals surface area contributed by atoms with Crippen molar-refractivity contribution >= 4 is 12.0 Å². The zero-order chi connectivity index (χ0) is 26.0. The molecule has 14 heteroatoms. The molecule has 2 aromatic heterocycles. The summed E-state index contributed by atoms with van der Waals surface area (Å²) in [4.78, 5) is 28.1. The molecular weight excluding hydrogens is 476 g/mol. The second kappa shape index (κ2) is 10.5. The number of aliphatic imine (C=N–C) groups is 1. The van der Waals surface area contributed by atoms with Crippen LogP contribution < -0.4 is 16.0 Å². The average molecular weight is 502 g/mol. The summed E-state index contributed by atoms with van der Waals surface area (Å²) in [6.45, 7) is -0.537. The van der Waals surface area contributed by atoms with E-state index >= 15 is 0 Å². The third-order valence-corrected chi connectivity index (χ3v) is 5.78. The molecule has 4 N–H and O–H groups in total. The number of hydrogen-bond donors (Lipinski definition) is 4. The van der Waals surface area contributed by atoms with Gasteiger partial charge in [-0.2, -0.15) is 0 Å². The monoisotopic (exact) mass is 502 g/mol. The normalized spacial score (nSPS) is 24.3. The predicted molar refractivity (Wildman–Crippen MR) is 124 cm³/mol. The molecule has 1 aliphatic rings. The molecule has 0 spiro atoms. The van der Waals surface area contributed by atoms with Crippen molar-refractivity contribution in [2.45, 2.75) is 37.3 Å². The highest BCUT2D eigenvalue weighted by Gasteiger charge is 2.44. The second-order valence-electron chi connectivity index (χ2n) is 8.27. The zero-order valence-corrected chi connectivity index (χ0v) is 19.4. The molecule has 3 heterocycles. The van der Waals surface area contributed by atoms with Gasteiger partial charge in [0, 0.05) is 26.4 Å². The van der Waals surface area contributed by atoms with Crippen molar-refractivity contribution < 1.29 is 29.9 Å². The summed E-state index contributed by atoms with van der Waals surface area (Å²) >= 11 is 0. The maximum Gasteiger partial charge on any atom is 0.332 e. The summed E-state index contributed by atoms with van der Waals surface area (Å²) in [6.07, 6.45) is -3.77. The first-order valence-corrected chi connectivity index (χ1v) is 10.9. The average Bonchev–Trinajstić information content (AvgIpc) is 3.35. The third-order valence-electron chi connectivity index (χ3n) is 5.78. The molecule has 4 rings (SSSR count). The lowest BCUT2D eigenvalue weighted by Gasteiger charge is -2.39. The van der Waals surface area contributed by atoms with Crippen molar-refractivity contribution in [1.29, 1.82) is 0 Å². The summed E-state index contributed by atoms with van der Waals surface area (Å²) in [5, 5.41) is 47.3. The standard InChI is InChI=1S/C22H26N6O8/c1-26-16(7-17(30)27(2)22(26)34)23-8-12-4-3-5-14(6-12)35-11-13-9-28(25-24-13)21-20(33)19(32)18(31)15(10-29)36-21/h3-9,15,18-21,29,31-33H,10-11H2,1-2H3/b23-8+/t15-,18-,19+,20-,21-/m1/s1. The maximum atomic E-state index is 12.0. The highest BCUT2D eigenvalue weighted by atomic mass is 16.6. The number of aliphatic hydroxyl groups excluding tert-OH is 4. The van der Waals surface area contributed by atoms with E-state index in [1.54, 1.807) is 24.3 Å². The smallest absolute Gasteiger partial charge is 0.332 e. The molecule has 0 bridgehead atoms. The molecule has 14 nitrogen and oxygen atoms in total. The number of ether oxygens (including phenoxy) is 2. The predicted octanol–water partition coefficient (Wildman–Crippen LogP) is -2.02. The summed E-state index contributed by atoms with van der Waals surface area (Å²) in [5.74, 6) is 0.693. The Morgan fingerprint density at radius 3 is 2.64 bits per heavy atom. The fourth-order valence-corrected chi connectivity index (χ4v) is 3.63. The first-order chi connectivity index (χ1) is 17.2. The van der Waals surface area contributed by atoms with Gasteiger partial charge in [-0.05, 0) is 17.7 Å². The van der Waals surface area contributed by atoms with E-state index in [-0.39, 0.29) is 12.4 Å². The SMILES string of the molecule is Cn1c(/N=C/c2cccc(OCc3cn([C@@H]4O[C@H](CO)[C@@H](O)[C@H](O)[C@H]4O)nn3)c2)cc(=O)n(C)c1=O. The van der Waals surface area contributed by atoms with Gasteiger partial charge in [0.25, 0.3) is 5.56 Å². The quantitative estimate of drug-likeness (QED) is 0.263. The van der Waals surface area contributed by atoms with E-state index in [9.17, 15) is 30.0 Å². The van der Waals surface area contributed by atoms with Crippen molar-refractivity contribution in [3.63, 3.8) is 0 Å². The molecule has 0 radical (unpaired) electrons. The molecule has 0 aliphatic carbocycles. The summed E-state index contributed by atoms with van der Waals surface area (Å²) in [6, 6.07) is 8.19. The van der Waals surface area contributed by atoms with Crippen LogP contribution in [0.2, 0.25) is 0 Å². The third kappa shape index (κ3) is 5.12. The Balaban J connectivity index is 1.43. The van der Waals surface area contributed by atoms with E-state index in [0.29, 0.717) is 17.0 Å². The summed E-state index contributed by atoms with van der Waals surface area (Å²) < 4.78 is 14.6. The van der Waals surface area contributed by atoms with Gasteiger partial charge in [-0.3, -0.25) is 13.9 Å². The van der Waals surface area contributed by atoms with Gasteiger partial charge in [0.15, 0.2) is 6.23 Å². The Morgan fingerprint density at radius 2 is 1.89 bits per heavy atom. The van der Waals surface area contributed by atoms with E-state index in [1.807, 2.05) is 0 Å². The minimum atomic E-state index is -1.53. The van der Waals surface area contributed by atoms with Crippen LogP contribution in [0.5, 0.6) is 5.75 Å². The maximum absolute atomic E-state index is 12.0. The van der Waals surface area contributed by atoms with Crippen molar-refractivity contribution in [3.05, 3.63) is 68.6 Å². The first-order valence-electron chi connectivity index (χ1n) is 10.9. The van der Waals surface area contributed by atoms with Crippen LogP contribution in [0.1, 0.15) is 17.5 Å². The van der Waals surface area contributed by atoms with Gasteiger partial charge in [0.05, 0.1) is 12.8 Å². The lowest BCUT2D eigenvalue weighted by atomic mass is 9.98. The summed E-state index contributed by atoms with van der Waals surface area (Å²) in [7, 11) is 2.91. The molecule has 192 valence electrons. The van der Waals surface area contributed by atoms with Crippen molar-refractivity contribution in [1.82, 2.24) is 24.1 Å². The fraction of sp³-hybridized carbons (Fsp3) is 0.409. The van der Waals surface area contributed by atoms with Crippen molar-refractivity contribution in [2.75, 3.05) is 6.61 Å². The van der Waals surface area contributed by atoms with Gasteiger partial charge >= 0.3 is 5.69 Å². The Hall–Kier alpha value is -3.69. The van der Waals surface area contributed by atoms with Crippen molar-refractivity contribution in [2.24, 2.45) is 19.1 Å². The van der Waals surface area contributed by atoms with Crippen LogP contribution in [0.15, 0.2) is 51.1 Å². The number of nitrogens with zero attached hydrogens (tertiary/aromatic N) is 6. The molecule has 5 atom stereocenters. The molecule has 36 heavy (non-hydrogen) atoms. The van der Waals surface area contributed by atoms with Gasteiger partial charge in [-0.1, -0.05) is 17.3 Å². The first kappa shape index (κ1) is 25.4. The molecule has 1 aliphatic heterocycles. The van der Waals surface area contributed by atoms with E-state index in [4.69, 9.17) is 9.47 Å². The number of rotatable bonds is 7. The number of aromatic nitrogens is 5. The molecule has 1 saturated heterocycles. The molecule has 1 aromatic carbocycles. The van der Waals surface area contributed by atoms with Gasteiger partial charge in [0.1, 0.15) is 48.3 Å². The van der Waals surface area contributed by atoms with E-state index in [0.717, 1.165) is 4.57 Å². The van der Waals surface area contributed by atoms with Gasteiger partial charge in [0.2, 0.25) is 0 Å². The molecule has 3 aromatic rings. The van der Waals surface area contributed by atoms with Crippen LogP contribution in [-0.2, 0) is 25.4 Å². The number of aliphatic hydroxyl groups is 4. The second-order valence-corrected chi connectivity index (χ2v) is 8.27. The molecular formula is C22H26N6O8. The van der Waals surface area contributed by atoms with Gasteiger partial charge in [-0.25, -0.2) is 14.5 Å². The topological polar surface area (TPSA) is 186 Å². The van der Waals surface area contributed by atoms with Crippen LogP contribution in [0, 0.1) is 0 Å². The van der Waals surface area contributed by atoms with Crippen LogP contribution in [0.25, 0.3) is 0 Å². The summed E-state index contributed by atoms with van der Waals surface area (Å²) in [5.41, 5.74) is 0.106. The molecule has 0 unspecified atom stereocenters. The molecule has 0 amide bonds. The van der Waals surface area contributed by atoms with Crippen molar-refractivity contribution in [3.8, 4) is 5.75 Å². The molecule has 0 saturated carbocycles. The highest BCUT2D eigenvalue weighted by molar-refractivity contribution is 5.82. The Labute approximate surface area is 203 Å². The largest absolute Gasteiger partial charge is 0.487 e. The van der Waals surface area contributed by atoms with Crippen LogP contribution in [0.4, 0.5) is 5.82 Å².